The molecule has 0 aromatic heterocycles. The highest BCUT2D eigenvalue weighted by molar-refractivity contribution is 6.30. The number of nitro groups is 1. The molecule has 0 saturated heterocycles. The molecule has 112 valence electrons. The van der Waals surface area contributed by atoms with Crippen molar-refractivity contribution in [2.45, 2.75) is 46.1 Å². The first-order valence-electron chi connectivity index (χ1n) is 7.05. The maximum Gasteiger partial charge on any atom is 0.274 e. The van der Waals surface area contributed by atoms with Crippen molar-refractivity contribution in [1.29, 1.82) is 0 Å². The van der Waals surface area contributed by atoms with Crippen LogP contribution in [0.5, 0.6) is 0 Å². The minimum absolute atomic E-state index is 0.0826. The minimum Gasteiger partial charge on any atom is -0.314 e. The monoisotopic (exact) mass is 298 g/mol. The molecule has 0 aliphatic carbocycles. The van der Waals surface area contributed by atoms with E-state index in [2.05, 4.69) is 33.0 Å². The van der Waals surface area contributed by atoms with E-state index in [0.717, 1.165) is 18.5 Å². The second kappa shape index (κ2) is 7.60. The molecule has 20 heavy (non-hydrogen) atoms. The third-order valence-corrected chi connectivity index (χ3v) is 3.76. The van der Waals surface area contributed by atoms with Gasteiger partial charge in [-0.3, -0.25) is 10.1 Å². The maximum atomic E-state index is 11.3. The summed E-state index contributed by atoms with van der Waals surface area (Å²) in [7, 11) is 0. The highest BCUT2D eigenvalue weighted by Crippen LogP contribution is 2.35. The predicted octanol–water partition coefficient (Wildman–Crippen LogP) is 4.38. The van der Waals surface area contributed by atoms with Crippen LogP contribution in [-0.2, 0) is 0 Å². The standard InChI is InChI=1S/C15H23ClN2O2/c1-5-8-17-11(4)15(10(2)3)13-7-6-12(16)9-14(13)18(19)20/h6-7,9-11,15,17H,5,8H2,1-4H3. The second-order valence-electron chi connectivity index (χ2n) is 5.47. The third-order valence-electron chi connectivity index (χ3n) is 3.52. The lowest BCUT2D eigenvalue weighted by Crippen LogP contribution is -2.35. The first-order valence-corrected chi connectivity index (χ1v) is 7.43. The summed E-state index contributed by atoms with van der Waals surface area (Å²) < 4.78 is 0. The van der Waals surface area contributed by atoms with Crippen LogP contribution in [0.1, 0.15) is 45.6 Å². The van der Waals surface area contributed by atoms with Crippen LogP contribution in [0.15, 0.2) is 18.2 Å². The fourth-order valence-electron chi connectivity index (χ4n) is 2.66. The molecule has 1 rings (SSSR count). The zero-order valence-electron chi connectivity index (χ0n) is 12.5. The Balaban J connectivity index is 3.18. The number of nitrogens with zero attached hydrogens (tertiary/aromatic N) is 1. The summed E-state index contributed by atoms with van der Waals surface area (Å²) in [6.07, 6.45) is 1.04. The molecule has 4 nitrogen and oxygen atoms in total. The molecule has 1 aromatic rings. The molecule has 0 amide bonds. The quantitative estimate of drug-likeness (QED) is 0.600. The van der Waals surface area contributed by atoms with E-state index in [-0.39, 0.29) is 22.6 Å². The van der Waals surface area contributed by atoms with E-state index in [4.69, 9.17) is 11.6 Å². The van der Waals surface area contributed by atoms with Gasteiger partial charge in [0.15, 0.2) is 0 Å². The highest BCUT2D eigenvalue weighted by Gasteiger charge is 2.29. The van der Waals surface area contributed by atoms with Gasteiger partial charge in [0.2, 0.25) is 0 Å². The van der Waals surface area contributed by atoms with E-state index in [1.807, 2.05) is 0 Å². The van der Waals surface area contributed by atoms with Crippen LogP contribution in [0.25, 0.3) is 0 Å². The van der Waals surface area contributed by atoms with Crippen molar-refractivity contribution >= 4 is 17.3 Å². The van der Waals surface area contributed by atoms with Gasteiger partial charge in [0.1, 0.15) is 0 Å². The molecule has 0 heterocycles. The summed E-state index contributed by atoms with van der Waals surface area (Å²) in [5.41, 5.74) is 0.867. The number of rotatable bonds is 7. The fourth-order valence-corrected chi connectivity index (χ4v) is 2.83. The van der Waals surface area contributed by atoms with Crippen LogP contribution in [-0.4, -0.2) is 17.5 Å². The molecule has 0 radical (unpaired) electrons. The van der Waals surface area contributed by atoms with Gasteiger partial charge < -0.3 is 5.32 Å². The van der Waals surface area contributed by atoms with Crippen LogP contribution in [0, 0.1) is 16.0 Å². The highest BCUT2D eigenvalue weighted by atomic mass is 35.5. The maximum absolute atomic E-state index is 11.3. The van der Waals surface area contributed by atoms with Gasteiger partial charge in [-0.2, -0.15) is 0 Å². The van der Waals surface area contributed by atoms with Crippen molar-refractivity contribution in [1.82, 2.24) is 5.32 Å². The Hall–Kier alpha value is -1.13. The Labute approximate surface area is 125 Å². The molecule has 2 unspecified atom stereocenters. The van der Waals surface area contributed by atoms with E-state index in [9.17, 15) is 10.1 Å². The van der Waals surface area contributed by atoms with Gasteiger partial charge in [0.05, 0.1) is 4.92 Å². The predicted molar refractivity (Wildman–Crippen MR) is 83.4 cm³/mol. The Kier molecular flexibility index (Phi) is 6.43. The average molecular weight is 299 g/mol. The zero-order valence-corrected chi connectivity index (χ0v) is 13.3. The second-order valence-corrected chi connectivity index (χ2v) is 5.91. The molecule has 0 aliphatic rings. The molecular weight excluding hydrogens is 276 g/mol. The fraction of sp³-hybridized carbons (Fsp3) is 0.600. The lowest BCUT2D eigenvalue weighted by atomic mass is 9.82. The largest absolute Gasteiger partial charge is 0.314 e. The Morgan fingerprint density at radius 3 is 2.50 bits per heavy atom. The van der Waals surface area contributed by atoms with E-state index in [1.54, 1.807) is 12.1 Å². The third kappa shape index (κ3) is 4.18. The van der Waals surface area contributed by atoms with Gasteiger partial charge in [0, 0.05) is 28.6 Å². The molecule has 5 heteroatoms. The zero-order chi connectivity index (χ0) is 15.3. The van der Waals surface area contributed by atoms with Gasteiger partial charge in [-0.05, 0) is 31.9 Å². The number of hydrogen-bond acceptors (Lipinski definition) is 3. The van der Waals surface area contributed by atoms with Crippen molar-refractivity contribution in [3.05, 3.63) is 38.9 Å². The summed E-state index contributed by atoms with van der Waals surface area (Å²) in [5, 5.41) is 15.1. The van der Waals surface area contributed by atoms with Gasteiger partial charge in [0.25, 0.3) is 5.69 Å². The molecular formula is C15H23ClN2O2. The van der Waals surface area contributed by atoms with Gasteiger partial charge in [-0.15, -0.1) is 0 Å². The van der Waals surface area contributed by atoms with Crippen molar-refractivity contribution in [3.63, 3.8) is 0 Å². The molecule has 0 saturated carbocycles. The van der Waals surface area contributed by atoms with Crippen molar-refractivity contribution < 1.29 is 4.92 Å². The van der Waals surface area contributed by atoms with Crippen molar-refractivity contribution in [3.8, 4) is 0 Å². The topological polar surface area (TPSA) is 55.2 Å². The summed E-state index contributed by atoms with van der Waals surface area (Å²) >= 11 is 5.89. The lowest BCUT2D eigenvalue weighted by Gasteiger charge is -2.28. The normalized spacial score (nSPS) is 14.3. The molecule has 1 N–H and O–H groups in total. The number of nitrogens with one attached hydrogen (secondary N) is 1. The summed E-state index contributed by atoms with van der Waals surface area (Å²) in [6, 6.07) is 5.13. The van der Waals surface area contributed by atoms with Crippen molar-refractivity contribution in [2.24, 2.45) is 5.92 Å². The first-order chi connectivity index (χ1) is 9.38. The lowest BCUT2D eigenvalue weighted by molar-refractivity contribution is -0.385. The molecule has 0 fully saturated rings. The molecule has 0 aliphatic heterocycles. The van der Waals surface area contributed by atoms with E-state index < -0.39 is 0 Å². The minimum atomic E-state index is -0.344. The Morgan fingerprint density at radius 2 is 2.00 bits per heavy atom. The van der Waals surface area contributed by atoms with Gasteiger partial charge >= 0.3 is 0 Å². The smallest absolute Gasteiger partial charge is 0.274 e. The Bertz CT molecular complexity index is 463. The number of hydrogen-bond donors (Lipinski definition) is 1. The SMILES string of the molecule is CCCNC(C)C(c1ccc(Cl)cc1[N+](=O)[O-])C(C)C. The summed E-state index contributed by atoms with van der Waals surface area (Å²) in [6.45, 7) is 9.28. The van der Waals surface area contributed by atoms with Gasteiger partial charge in [-0.1, -0.05) is 38.4 Å². The molecule has 2 atom stereocenters. The van der Waals surface area contributed by atoms with E-state index in [1.165, 1.54) is 6.07 Å². The first kappa shape index (κ1) is 16.9. The van der Waals surface area contributed by atoms with Crippen LogP contribution in [0.3, 0.4) is 0 Å². The number of benzene rings is 1. The van der Waals surface area contributed by atoms with Crippen LogP contribution < -0.4 is 5.32 Å². The van der Waals surface area contributed by atoms with Crippen LogP contribution in [0.2, 0.25) is 5.02 Å². The number of nitro benzene ring substituents is 1. The van der Waals surface area contributed by atoms with Crippen LogP contribution >= 0.6 is 11.6 Å². The molecule has 0 bridgehead atoms. The van der Waals surface area contributed by atoms with E-state index in [0.29, 0.717) is 10.9 Å². The van der Waals surface area contributed by atoms with E-state index >= 15 is 0 Å². The van der Waals surface area contributed by atoms with Crippen molar-refractivity contribution in [2.75, 3.05) is 6.54 Å². The number of halogens is 1. The van der Waals surface area contributed by atoms with Gasteiger partial charge in [-0.25, -0.2) is 0 Å². The summed E-state index contributed by atoms with van der Waals surface area (Å²) in [4.78, 5) is 10.9. The molecule has 1 aromatic carbocycles. The average Bonchev–Trinajstić information content (AvgIpc) is 2.37. The molecule has 0 spiro atoms. The van der Waals surface area contributed by atoms with Crippen LogP contribution in [0.4, 0.5) is 5.69 Å². The Morgan fingerprint density at radius 1 is 1.35 bits per heavy atom. The summed E-state index contributed by atoms with van der Waals surface area (Å²) in [5.74, 6) is 0.383.